The highest BCUT2D eigenvalue weighted by atomic mass is 32.2. The molecule has 0 radical (unpaired) electrons. The van der Waals surface area contributed by atoms with E-state index in [1.807, 2.05) is 13.8 Å². The summed E-state index contributed by atoms with van der Waals surface area (Å²) in [4.78, 5) is 24.1. The minimum Gasteiger partial charge on any atom is -0.462 e. The van der Waals surface area contributed by atoms with E-state index in [4.69, 9.17) is 9.47 Å². The maximum absolute atomic E-state index is 12.9. The van der Waals surface area contributed by atoms with Gasteiger partial charge in [0.25, 0.3) is 0 Å². The average molecular weight is 476 g/mol. The predicted molar refractivity (Wildman–Crippen MR) is 125 cm³/mol. The van der Waals surface area contributed by atoms with Gasteiger partial charge in [-0.25, -0.2) is 13.2 Å². The Bertz CT molecular complexity index is 1060. The van der Waals surface area contributed by atoms with E-state index in [-0.39, 0.29) is 29.6 Å². The summed E-state index contributed by atoms with van der Waals surface area (Å²) in [5.74, 6) is -0.694. The topological polar surface area (TPSA) is 114 Å². The number of rotatable bonds is 8. The summed E-state index contributed by atoms with van der Waals surface area (Å²) in [5, 5.41) is 5.70. The number of ether oxygens (including phenoxy) is 2. The van der Waals surface area contributed by atoms with E-state index in [1.54, 1.807) is 43.3 Å². The molecule has 2 N–H and O–H groups in total. The van der Waals surface area contributed by atoms with Crippen molar-refractivity contribution in [3.63, 3.8) is 0 Å². The molecule has 2 atom stereocenters. The summed E-state index contributed by atoms with van der Waals surface area (Å²) in [6.45, 7) is 6.35. The fourth-order valence-electron chi connectivity index (χ4n) is 3.51. The molecule has 0 aromatic heterocycles. The third-order valence-electron chi connectivity index (χ3n) is 5.01. The van der Waals surface area contributed by atoms with Gasteiger partial charge in [-0.2, -0.15) is 4.31 Å². The largest absolute Gasteiger partial charge is 0.462 e. The number of esters is 1. The highest BCUT2D eigenvalue weighted by Crippen LogP contribution is 2.22. The smallest absolute Gasteiger partial charge is 0.338 e. The third kappa shape index (κ3) is 6.53. The quantitative estimate of drug-likeness (QED) is 0.564. The molecule has 1 amide bonds. The molecule has 0 aliphatic carbocycles. The molecule has 178 valence electrons. The van der Waals surface area contributed by atoms with Gasteiger partial charge in [0.05, 0.1) is 35.8 Å². The van der Waals surface area contributed by atoms with Crippen molar-refractivity contribution in [1.82, 2.24) is 4.31 Å². The summed E-state index contributed by atoms with van der Waals surface area (Å²) >= 11 is 0. The van der Waals surface area contributed by atoms with E-state index in [2.05, 4.69) is 10.6 Å². The Kier molecular flexibility index (Phi) is 8.06. The van der Waals surface area contributed by atoms with Gasteiger partial charge in [-0.3, -0.25) is 4.79 Å². The lowest BCUT2D eigenvalue weighted by Crippen LogP contribution is -2.48. The van der Waals surface area contributed by atoms with Gasteiger partial charge in [-0.1, -0.05) is 0 Å². The average Bonchev–Trinajstić information content (AvgIpc) is 2.78. The molecule has 9 nitrogen and oxygen atoms in total. The van der Waals surface area contributed by atoms with Gasteiger partial charge in [0.1, 0.15) is 0 Å². The van der Waals surface area contributed by atoms with Crippen molar-refractivity contribution in [1.29, 1.82) is 0 Å². The standard InChI is InChI=1S/C23H29N3O6S/c1-4-31-23(28)18-5-7-19(8-6-18)24-13-22(27)25-20-9-11-21(12-10-20)33(29,30)26-14-16(2)32-17(3)15-26/h5-12,16-17,24H,4,13-15H2,1-3H3,(H,25,27). The lowest BCUT2D eigenvalue weighted by molar-refractivity contribution is -0.114. The molecule has 1 fully saturated rings. The Hall–Kier alpha value is -2.95. The van der Waals surface area contributed by atoms with E-state index in [1.165, 1.54) is 16.4 Å². The predicted octanol–water partition coefficient (Wildman–Crippen LogP) is 2.71. The number of benzene rings is 2. The van der Waals surface area contributed by atoms with Gasteiger partial charge < -0.3 is 20.1 Å². The summed E-state index contributed by atoms with van der Waals surface area (Å²) < 4.78 is 37.8. The van der Waals surface area contributed by atoms with Gasteiger partial charge in [-0.15, -0.1) is 0 Å². The highest BCUT2D eigenvalue weighted by Gasteiger charge is 2.32. The van der Waals surface area contributed by atoms with E-state index in [0.717, 1.165) is 0 Å². The van der Waals surface area contributed by atoms with Crippen molar-refractivity contribution in [3.8, 4) is 0 Å². The first-order chi connectivity index (χ1) is 15.7. The first kappa shape index (κ1) is 24.7. The second kappa shape index (κ2) is 10.8. The molecule has 10 heteroatoms. The number of sulfonamides is 1. The summed E-state index contributed by atoms with van der Waals surface area (Å²) in [7, 11) is -3.64. The molecule has 2 unspecified atom stereocenters. The monoisotopic (exact) mass is 475 g/mol. The molecule has 3 rings (SSSR count). The van der Waals surface area contributed by atoms with Crippen LogP contribution in [-0.2, 0) is 24.3 Å². The van der Waals surface area contributed by atoms with Gasteiger partial charge in [0.2, 0.25) is 15.9 Å². The Balaban J connectivity index is 1.54. The summed E-state index contributed by atoms with van der Waals surface area (Å²) in [6, 6.07) is 12.7. The van der Waals surface area contributed by atoms with Crippen LogP contribution >= 0.6 is 0 Å². The number of hydrogen-bond acceptors (Lipinski definition) is 7. The van der Waals surface area contributed by atoms with Crippen LogP contribution in [0.3, 0.4) is 0 Å². The number of nitrogens with one attached hydrogen (secondary N) is 2. The molecular weight excluding hydrogens is 446 g/mol. The van der Waals surface area contributed by atoms with Crippen molar-refractivity contribution in [2.75, 3.05) is 36.9 Å². The lowest BCUT2D eigenvalue weighted by atomic mass is 10.2. The zero-order chi connectivity index (χ0) is 24.0. The molecule has 1 aliphatic heterocycles. The normalized spacial score (nSPS) is 19.0. The minimum atomic E-state index is -3.64. The molecule has 2 aromatic carbocycles. The molecule has 33 heavy (non-hydrogen) atoms. The van der Waals surface area contributed by atoms with Crippen LogP contribution in [-0.4, -0.2) is 63.0 Å². The first-order valence-electron chi connectivity index (χ1n) is 10.8. The number of morpholine rings is 1. The molecule has 1 heterocycles. The van der Waals surface area contributed by atoms with E-state index in [9.17, 15) is 18.0 Å². The fourth-order valence-corrected chi connectivity index (χ4v) is 5.10. The second-order valence-corrected chi connectivity index (χ2v) is 9.74. The molecule has 0 spiro atoms. The van der Waals surface area contributed by atoms with Gasteiger partial charge in [-0.05, 0) is 69.3 Å². The zero-order valence-corrected chi connectivity index (χ0v) is 19.7. The van der Waals surface area contributed by atoms with Crippen LogP contribution in [0.4, 0.5) is 11.4 Å². The Morgan fingerprint density at radius 2 is 1.58 bits per heavy atom. The molecule has 1 aliphatic rings. The number of nitrogens with zero attached hydrogens (tertiary/aromatic N) is 1. The molecular formula is C23H29N3O6S. The highest BCUT2D eigenvalue weighted by molar-refractivity contribution is 7.89. The number of anilines is 2. The van der Waals surface area contributed by atoms with Crippen LogP contribution < -0.4 is 10.6 Å². The third-order valence-corrected chi connectivity index (χ3v) is 6.86. The van der Waals surface area contributed by atoms with Crippen LogP contribution in [0, 0.1) is 0 Å². The van der Waals surface area contributed by atoms with E-state index in [0.29, 0.717) is 36.6 Å². The summed E-state index contributed by atoms with van der Waals surface area (Å²) in [5.41, 5.74) is 1.60. The lowest BCUT2D eigenvalue weighted by Gasteiger charge is -2.34. The van der Waals surface area contributed by atoms with Crippen LogP contribution in [0.5, 0.6) is 0 Å². The van der Waals surface area contributed by atoms with Gasteiger partial charge in [0, 0.05) is 24.5 Å². The van der Waals surface area contributed by atoms with Gasteiger partial charge in [0.15, 0.2) is 0 Å². The van der Waals surface area contributed by atoms with Crippen LogP contribution in [0.2, 0.25) is 0 Å². The van der Waals surface area contributed by atoms with Crippen LogP contribution in [0.1, 0.15) is 31.1 Å². The Morgan fingerprint density at radius 3 is 2.15 bits per heavy atom. The molecule has 0 bridgehead atoms. The number of amides is 1. The number of carbonyl (C=O) groups excluding carboxylic acids is 2. The maximum Gasteiger partial charge on any atom is 0.338 e. The van der Waals surface area contributed by atoms with Gasteiger partial charge >= 0.3 is 5.97 Å². The van der Waals surface area contributed by atoms with Crippen molar-refractivity contribution in [3.05, 3.63) is 54.1 Å². The van der Waals surface area contributed by atoms with Crippen molar-refractivity contribution in [2.24, 2.45) is 0 Å². The molecule has 0 saturated carbocycles. The summed E-state index contributed by atoms with van der Waals surface area (Å²) in [6.07, 6.45) is -0.341. The van der Waals surface area contributed by atoms with E-state index >= 15 is 0 Å². The van der Waals surface area contributed by atoms with E-state index < -0.39 is 16.0 Å². The van der Waals surface area contributed by atoms with Crippen LogP contribution in [0.15, 0.2) is 53.4 Å². The SMILES string of the molecule is CCOC(=O)c1ccc(NCC(=O)Nc2ccc(S(=O)(=O)N3CC(C)OC(C)C3)cc2)cc1. The van der Waals surface area contributed by atoms with Crippen molar-refractivity contribution < 1.29 is 27.5 Å². The molecule has 2 aromatic rings. The van der Waals surface area contributed by atoms with Crippen LogP contribution in [0.25, 0.3) is 0 Å². The number of carbonyl (C=O) groups is 2. The second-order valence-electron chi connectivity index (χ2n) is 7.80. The maximum atomic E-state index is 12.9. The minimum absolute atomic E-state index is 0.00234. The first-order valence-corrected chi connectivity index (χ1v) is 12.2. The molecule has 1 saturated heterocycles. The number of hydrogen-bond donors (Lipinski definition) is 2. The Labute approximate surface area is 194 Å². The van der Waals surface area contributed by atoms with Crippen molar-refractivity contribution in [2.45, 2.75) is 37.9 Å². The van der Waals surface area contributed by atoms with Crippen molar-refractivity contribution >= 4 is 33.3 Å². The fraction of sp³-hybridized carbons (Fsp3) is 0.391. The Morgan fingerprint density at radius 1 is 1.00 bits per heavy atom. The zero-order valence-electron chi connectivity index (χ0n) is 18.9.